The van der Waals surface area contributed by atoms with E-state index >= 15 is 0 Å². The molecule has 2 aromatic heterocycles. The number of hydrogen-bond donors (Lipinski definition) is 1. The molecular weight excluding hydrogens is 228 g/mol. The van der Waals surface area contributed by atoms with Crippen molar-refractivity contribution < 1.29 is 0 Å². The van der Waals surface area contributed by atoms with Crippen LogP contribution in [0.5, 0.6) is 0 Å². The number of aryl methyl sites for hydroxylation is 1. The highest BCUT2D eigenvalue weighted by atomic mass is 15.2. The summed E-state index contributed by atoms with van der Waals surface area (Å²) in [5.74, 6) is 0.785. The molecule has 0 aliphatic carbocycles. The third-order valence-corrected chi connectivity index (χ3v) is 2.77. The van der Waals surface area contributed by atoms with Crippen LogP contribution in [0, 0.1) is 0 Å². The fourth-order valence-corrected chi connectivity index (χ4v) is 1.80. The van der Waals surface area contributed by atoms with E-state index in [0.29, 0.717) is 0 Å². The summed E-state index contributed by atoms with van der Waals surface area (Å²) in [6, 6.07) is 0.251. The van der Waals surface area contributed by atoms with Crippen molar-refractivity contribution in [2.75, 3.05) is 26.0 Å². The second-order valence-electron chi connectivity index (χ2n) is 4.40. The molecule has 2 rings (SSSR count). The van der Waals surface area contributed by atoms with Crippen LogP contribution in [0.15, 0.2) is 31.0 Å². The second kappa shape index (κ2) is 5.59. The van der Waals surface area contributed by atoms with Gasteiger partial charge in [-0.3, -0.25) is 9.67 Å². The average Bonchev–Trinajstić information content (AvgIpc) is 2.77. The molecule has 0 aromatic carbocycles. The lowest BCUT2D eigenvalue weighted by Gasteiger charge is -2.23. The van der Waals surface area contributed by atoms with Gasteiger partial charge in [0.2, 0.25) is 0 Å². The lowest BCUT2D eigenvalue weighted by molar-refractivity contribution is 0.311. The molecular formula is C12H18N6. The van der Waals surface area contributed by atoms with Gasteiger partial charge < -0.3 is 10.2 Å². The van der Waals surface area contributed by atoms with Crippen LogP contribution in [0.4, 0.5) is 5.82 Å². The first kappa shape index (κ1) is 12.5. The number of rotatable bonds is 5. The fourth-order valence-electron chi connectivity index (χ4n) is 1.80. The Bertz CT molecular complexity index is 478. The average molecular weight is 246 g/mol. The van der Waals surface area contributed by atoms with Crippen LogP contribution in [0.25, 0.3) is 0 Å². The Labute approximate surface area is 107 Å². The fraction of sp³-hybridized carbons (Fsp3) is 0.417. The van der Waals surface area contributed by atoms with Crippen molar-refractivity contribution in [3.63, 3.8) is 0 Å². The van der Waals surface area contributed by atoms with E-state index in [1.54, 1.807) is 18.6 Å². The minimum Gasteiger partial charge on any atom is -0.367 e. The second-order valence-corrected chi connectivity index (χ2v) is 4.40. The van der Waals surface area contributed by atoms with E-state index in [9.17, 15) is 0 Å². The highest BCUT2D eigenvalue weighted by molar-refractivity contribution is 5.31. The highest BCUT2D eigenvalue weighted by Crippen LogP contribution is 2.17. The summed E-state index contributed by atoms with van der Waals surface area (Å²) in [6.45, 7) is 0.761. The van der Waals surface area contributed by atoms with Gasteiger partial charge in [0, 0.05) is 37.7 Å². The molecule has 1 unspecified atom stereocenters. The van der Waals surface area contributed by atoms with Crippen molar-refractivity contribution in [3.8, 4) is 0 Å². The van der Waals surface area contributed by atoms with Gasteiger partial charge in [-0.05, 0) is 14.1 Å². The zero-order valence-corrected chi connectivity index (χ0v) is 10.9. The van der Waals surface area contributed by atoms with Crippen molar-refractivity contribution in [3.05, 3.63) is 36.5 Å². The van der Waals surface area contributed by atoms with Gasteiger partial charge in [0.15, 0.2) is 0 Å². The largest absolute Gasteiger partial charge is 0.367 e. The molecule has 2 aromatic rings. The molecule has 2 heterocycles. The molecule has 1 N–H and O–H groups in total. The number of nitrogens with zero attached hydrogens (tertiary/aromatic N) is 5. The Balaban J connectivity index is 2.04. The molecule has 0 fully saturated rings. The topological polar surface area (TPSA) is 58.9 Å². The molecule has 6 nitrogen and oxygen atoms in total. The summed E-state index contributed by atoms with van der Waals surface area (Å²) in [6.07, 6.45) is 8.98. The number of anilines is 1. The van der Waals surface area contributed by atoms with Gasteiger partial charge in [-0.1, -0.05) is 0 Å². The van der Waals surface area contributed by atoms with E-state index in [1.165, 1.54) is 5.56 Å². The quantitative estimate of drug-likeness (QED) is 0.850. The third kappa shape index (κ3) is 3.04. The van der Waals surface area contributed by atoms with Crippen LogP contribution in [-0.2, 0) is 7.05 Å². The van der Waals surface area contributed by atoms with Crippen LogP contribution < -0.4 is 5.32 Å². The minimum atomic E-state index is 0.251. The van der Waals surface area contributed by atoms with Crippen molar-refractivity contribution in [1.82, 2.24) is 24.6 Å². The minimum absolute atomic E-state index is 0.251. The summed E-state index contributed by atoms with van der Waals surface area (Å²) in [7, 11) is 6.03. The summed E-state index contributed by atoms with van der Waals surface area (Å²) in [5.41, 5.74) is 1.18. The SMILES string of the molecule is CN(C)C(CNc1cnccn1)c1cnn(C)c1. The standard InChI is InChI=1S/C12H18N6/c1-17(2)11(10-6-16-18(3)9-10)7-15-12-8-13-4-5-14-12/h4-6,8-9,11H,7H2,1-3H3,(H,14,15). The molecule has 6 heteroatoms. The van der Waals surface area contributed by atoms with Crippen LogP contribution >= 0.6 is 0 Å². The molecule has 96 valence electrons. The summed E-state index contributed by atoms with van der Waals surface area (Å²) >= 11 is 0. The van der Waals surface area contributed by atoms with E-state index in [-0.39, 0.29) is 6.04 Å². The molecule has 0 saturated heterocycles. The summed E-state index contributed by atoms with van der Waals surface area (Å²) in [5, 5.41) is 7.49. The number of nitrogens with one attached hydrogen (secondary N) is 1. The van der Waals surface area contributed by atoms with E-state index in [2.05, 4.69) is 39.4 Å². The van der Waals surface area contributed by atoms with Crippen molar-refractivity contribution >= 4 is 5.82 Å². The first-order chi connectivity index (χ1) is 8.66. The Morgan fingerprint density at radius 3 is 2.72 bits per heavy atom. The molecule has 18 heavy (non-hydrogen) atoms. The van der Waals surface area contributed by atoms with E-state index in [1.807, 2.05) is 24.1 Å². The zero-order valence-electron chi connectivity index (χ0n) is 10.9. The van der Waals surface area contributed by atoms with Crippen LogP contribution in [0.1, 0.15) is 11.6 Å². The zero-order chi connectivity index (χ0) is 13.0. The first-order valence-corrected chi connectivity index (χ1v) is 5.81. The Hall–Kier alpha value is -1.95. The van der Waals surface area contributed by atoms with Gasteiger partial charge in [-0.2, -0.15) is 5.10 Å². The first-order valence-electron chi connectivity index (χ1n) is 5.81. The molecule has 1 atom stereocenters. The highest BCUT2D eigenvalue weighted by Gasteiger charge is 2.15. The van der Waals surface area contributed by atoms with Crippen molar-refractivity contribution in [2.45, 2.75) is 6.04 Å². The Morgan fingerprint density at radius 2 is 2.17 bits per heavy atom. The molecule has 0 spiro atoms. The maximum atomic E-state index is 4.21. The van der Waals surface area contributed by atoms with E-state index < -0.39 is 0 Å². The normalized spacial score (nSPS) is 12.7. The predicted octanol–water partition coefficient (Wildman–Crippen LogP) is 0.925. The van der Waals surface area contributed by atoms with E-state index in [4.69, 9.17) is 0 Å². The lowest BCUT2D eigenvalue weighted by atomic mass is 10.1. The van der Waals surface area contributed by atoms with Gasteiger partial charge in [0.1, 0.15) is 5.82 Å². The Kier molecular flexibility index (Phi) is 3.88. The predicted molar refractivity (Wildman–Crippen MR) is 70.2 cm³/mol. The molecule has 0 aliphatic rings. The van der Waals surface area contributed by atoms with Gasteiger partial charge >= 0.3 is 0 Å². The van der Waals surface area contributed by atoms with Gasteiger partial charge in [0.25, 0.3) is 0 Å². The van der Waals surface area contributed by atoms with Gasteiger partial charge in [-0.25, -0.2) is 4.98 Å². The number of hydrogen-bond acceptors (Lipinski definition) is 5. The van der Waals surface area contributed by atoms with Crippen molar-refractivity contribution in [2.24, 2.45) is 7.05 Å². The molecule has 0 saturated carbocycles. The van der Waals surface area contributed by atoms with Crippen LogP contribution in [0.2, 0.25) is 0 Å². The smallest absolute Gasteiger partial charge is 0.144 e. The van der Waals surface area contributed by atoms with Gasteiger partial charge in [0.05, 0.1) is 18.4 Å². The molecule has 0 bridgehead atoms. The maximum Gasteiger partial charge on any atom is 0.144 e. The number of likely N-dealkylation sites (N-methyl/N-ethyl adjacent to an activating group) is 1. The molecule has 0 aliphatic heterocycles. The molecule has 0 amide bonds. The van der Waals surface area contributed by atoms with E-state index in [0.717, 1.165) is 12.4 Å². The maximum absolute atomic E-state index is 4.21. The summed E-state index contributed by atoms with van der Waals surface area (Å²) in [4.78, 5) is 10.4. The van der Waals surface area contributed by atoms with Crippen LogP contribution in [-0.4, -0.2) is 45.3 Å². The van der Waals surface area contributed by atoms with Crippen LogP contribution in [0.3, 0.4) is 0 Å². The summed E-state index contributed by atoms with van der Waals surface area (Å²) < 4.78 is 1.81. The Morgan fingerprint density at radius 1 is 1.33 bits per heavy atom. The lowest BCUT2D eigenvalue weighted by Crippen LogP contribution is -2.26. The number of aromatic nitrogens is 4. The van der Waals surface area contributed by atoms with Crippen molar-refractivity contribution in [1.29, 1.82) is 0 Å². The third-order valence-electron chi connectivity index (χ3n) is 2.77. The molecule has 0 radical (unpaired) electrons. The van der Waals surface area contributed by atoms with Gasteiger partial charge in [-0.15, -0.1) is 0 Å². The monoisotopic (exact) mass is 246 g/mol.